The van der Waals surface area contributed by atoms with Crippen molar-refractivity contribution in [1.29, 1.82) is 0 Å². The number of nitrogens with zero attached hydrogens (tertiary/aromatic N) is 1. The molecule has 3 nitrogen and oxygen atoms in total. The Balaban J connectivity index is 3.35. The lowest BCUT2D eigenvalue weighted by Crippen LogP contribution is -1.95. The Kier molecular flexibility index (Phi) is 3.44. The molecule has 0 heterocycles. The number of nitro benzene ring substituents is 1. The molecule has 0 N–H and O–H groups in total. The molecule has 0 unspecified atom stereocenters. The molecule has 1 aromatic carbocycles. The van der Waals surface area contributed by atoms with Gasteiger partial charge in [0.05, 0.1) is 4.92 Å². The van der Waals surface area contributed by atoms with Crippen LogP contribution in [0.15, 0.2) is 16.6 Å². The van der Waals surface area contributed by atoms with E-state index < -0.39 is 0 Å². The second-order valence-electron chi connectivity index (χ2n) is 2.56. The molecule has 1 rings (SSSR count). The number of hydrogen-bond donors (Lipinski definition) is 0. The van der Waals surface area contributed by atoms with E-state index in [0.29, 0.717) is 10.9 Å². The van der Waals surface area contributed by atoms with E-state index in [4.69, 9.17) is 0 Å². The highest BCUT2D eigenvalue weighted by Gasteiger charge is 2.14. The Morgan fingerprint density at radius 3 is 2.62 bits per heavy atom. The third kappa shape index (κ3) is 2.08. The van der Waals surface area contributed by atoms with Crippen LogP contribution < -0.4 is 0 Å². The van der Waals surface area contributed by atoms with Gasteiger partial charge in [-0.3, -0.25) is 10.1 Å². The summed E-state index contributed by atoms with van der Waals surface area (Å²) in [5.41, 5.74) is 1.79. The summed E-state index contributed by atoms with van der Waals surface area (Å²) in [5.74, 6) is 0. The zero-order valence-corrected chi connectivity index (χ0v) is 10.1. The third-order valence-electron chi connectivity index (χ3n) is 1.84. The first-order valence-corrected chi connectivity index (χ1v) is 5.47. The number of rotatable bonds is 2. The number of nitro groups is 1. The van der Waals surface area contributed by atoms with Crippen LogP contribution in [0.3, 0.4) is 0 Å². The van der Waals surface area contributed by atoms with E-state index in [9.17, 15) is 10.1 Å². The van der Waals surface area contributed by atoms with Crippen molar-refractivity contribution >= 4 is 37.5 Å². The summed E-state index contributed by atoms with van der Waals surface area (Å²) in [6, 6.07) is 3.20. The van der Waals surface area contributed by atoms with Crippen LogP contribution in [0.5, 0.6) is 0 Å². The van der Waals surface area contributed by atoms with Crippen LogP contribution in [-0.2, 0) is 5.33 Å². The number of halogens is 2. The van der Waals surface area contributed by atoms with Gasteiger partial charge in [-0.1, -0.05) is 31.9 Å². The van der Waals surface area contributed by atoms with Gasteiger partial charge >= 0.3 is 0 Å². The van der Waals surface area contributed by atoms with Crippen LogP contribution in [0.4, 0.5) is 5.69 Å². The lowest BCUT2D eigenvalue weighted by molar-refractivity contribution is -0.385. The molecule has 0 spiro atoms. The van der Waals surface area contributed by atoms with Gasteiger partial charge in [0.15, 0.2) is 0 Å². The zero-order valence-electron chi connectivity index (χ0n) is 6.88. The summed E-state index contributed by atoms with van der Waals surface area (Å²) in [6.45, 7) is 1.75. The molecule has 0 radical (unpaired) electrons. The Hall–Kier alpha value is -0.420. The fraction of sp³-hybridized carbons (Fsp3) is 0.250. The monoisotopic (exact) mass is 307 g/mol. The molecule has 13 heavy (non-hydrogen) atoms. The molecule has 0 saturated heterocycles. The Labute approximate surface area is 92.5 Å². The Bertz CT molecular complexity index is 352. The fourth-order valence-electron chi connectivity index (χ4n) is 1.07. The highest BCUT2D eigenvalue weighted by molar-refractivity contribution is 9.10. The lowest BCUT2D eigenvalue weighted by Gasteiger charge is -2.04. The summed E-state index contributed by atoms with van der Waals surface area (Å²) < 4.78 is 0.896. The van der Waals surface area contributed by atoms with E-state index in [1.807, 2.05) is 0 Å². The van der Waals surface area contributed by atoms with Crippen molar-refractivity contribution in [1.82, 2.24) is 0 Å². The maximum Gasteiger partial charge on any atom is 0.272 e. The van der Waals surface area contributed by atoms with Crippen molar-refractivity contribution in [2.24, 2.45) is 0 Å². The van der Waals surface area contributed by atoms with Gasteiger partial charge in [-0.2, -0.15) is 0 Å². The number of alkyl halides is 1. The van der Waals surface area contributed by atoms with Crippen molar-refractivity contribution in [2.75, 3.05) is 0 Å². The van der Waals surface area contributed by atoms with Gasteiger partial charge in [0.2, 0.25) is 0 Å². The predicted octanol–water partition coefficient (Wildman–Crippen LogP) is 3.56. The maximum absolute atomic E-state index is 10.6. The van der Waals surface area contributed by atoms with E-state index in [1.165, 1.54) is 6.07 Å². The number of hydrogen-bond acceptors (Lipinski definition) is 2. The Morgan fingerprint density at radius 2 is 2.15 bits per heavy atom. The van der Waals surface area contributed by atoms with Crippen LogP contribution in [-0.4, -0.2) is 4.92 Å². The topological polar surface area (TPSA) is 43.1 Å². The van der Waals surface area contributed by atoms with E-state index >= 15 is 0 Å². The van der Waals surface area contributed by atoms with Gasteiger partial charge in [-0.25, -0.2) is 0 Å². The molecule has 0 aliphatic carbocycles. The van der Waals surface area contributed by atoms with Gasteiger partial charge in [-0.15, -0.1) is 0 Å². The van der Waals surface area contributed by atoms with Crippen LogP contribution in [0, 0.1) is 17.0 Å². The molecule has 0 aliphatic heterocycles. The molecule has 0 saturated carbocycles. The number of benzene rings is 1. The van der Waals surface area contributed by atoms with E-state index in [0.717, 1.165) is 10.0 Å². The zero-order chi connectivity index (χ0) is 10.0. The third-order valence-corrected chi connectivity index (χ3v) is 3.15. The largest absolute Gasteiger partial charge is 0.272 e. The summed E-state index contributed by atoms with van der Waals surface area (Å²) in [7, 11) is 0. The summed E-state index contributed by atoms with van der Waals surface area (Å²) in [6.07, 6.45) is 0. The van der Waals surface area contributed by atoms with Crippen LogP contribution in [0.25, 0.3) is 0 Å². The van der Waals surface area contributed by atoms with Gasteiger partial charge in [0.25, 0.3) is 5.69 Å². The van der Waals surface area contributed by atoms with Crippen LogP contribution in [0.2, 0.25) is 0 Å². The second kappa shape index (κ2) is 4.19. The molecule has 0 fully saturated rings. The highest BCUT2D eigenvalue weighted by Crippen LogP contribution is 2.29. The molecule has 5 heteroatoms. The second-order valence-corrected chi connectivity index (χ2v) is 3.98. The molecule has 0 aromatic heterocycles. The average molecular weight is 309 g/mol. The van der Waals surface area contributed by atoms with Gasteiger partial charge in [0, 0.05) is 21.4 Å². The average Bonchev–Trinajstić information content (AvgIpc) is 2.04. The summed E-state index contributed by atoms with van der Waals surface area (Å²) in [4.78, 5) is 10.2. The van der Waals surface area contributed by atoms with Crippen LogP contribution in [0.1, 0.15) is 11.1 Å². The molecular weight excluding hydrogens is 302 g/mol. The minimum atomic E-state index is -0.367. The first-order chi connectivity index (χ1) is 6.07. The molecule has 0 amide bonds. The van der Waals surface area contributed by atoms with Crippen molar-refractivity contribution < 1.29 is 4.92 Å². The normalized spacial score (nSPS) is 10.1. The maximum atomic E-state index is 10.6. The Morgan fingerprint density at radius 1 is 1.54 bits per heavy atom. The van der Waals surface area contributed by atoms with Crippen molar-refractivity contribution in [2.45, 2.75) is 12.3 Å². The summed E-state index contributed by atoms with van der Waals surface area (Å²) >= 11 is 6.63. The van der Waals surface area contributed by atoms with Gasteiger partial charge in [-0.05, 0) is 18.6 Å². The molecule has 0 atom stereocenters. The molecular formula is C8H7Br2NO2. The quantitative estimate of drug-likeness (QED) is 0.476. The molecule has 70 valence electrons. The summed E-state index contributed by atoms with van der Waals surface area (Å²) in [5, 5.41) is 11.2. The van der Waals surface area contributed by atoms with Crippen molar-refractivity contribution in [3.05, 3.63) is 37.8 Å². The fourth-order valence-corrected chi connectivity index (χ4v) is 2.74. The first kappa shape index (κ1) is 10.7. The van der Waals surface area contributed by atoms with E-state index in [1.54, 1.807) is 13.0 Å². The standard InChI is InChI=1S/C8H7Br2NO2/c1-5-6(4-9)7(10)2-3-8(5)11(12)13/h2-3H,4H2,1H3. The SMILES string of the molecule is Cc1c([N+](=O)[O-])ccc(Br)c1CBr. The van der Waals surface area contributed by atoms with Gasteiger partial charge in [0.1, 0.15) is 0 Å². The van der Waals surface area contributed by atoms with E-state index in [-0.39, 0.29) is 10.6 Å². The lowest BCUT2D eigenvalue weighted by atomic mass is 10.1. The minimum absolute atomic E-state index is 0.164. The van der Waals surface area contributed by atoms with E-state index in [2.05, 4.69) is 31.9 Å². The molecule has 1 aromatic rings. The molecule has 0 bridgehead atoms. The van der Waals surface area contributed by atoms with Crippen molar-refractivity contribution in [3.8, 4) is 0 Å². The smallest absolute Gasteiger partial charge is 0.258 e. The first-order valence-electron chi connectivity index (χ1n) is 3.56. The minimum Gasteiger partial charge on any atom is -0.258 e. The molecule has 0 aliphatic rings. The highest BCUT2D eigenvalue weighted by atomic mass is 79.9. The van der Waals surface area contributed by atoms with Gasteiger partial charge < -0.3 is 0 Å². The van der Waals surface area contributed by atoms with Crippen molar-refractivity contribution in [3.63, 3.8) is 0 Å². The van der Waals surface area contributed by atoms with Crippen LogP contribution >= 0.6 is 31.9 Å². The predicted molar refractivity (Wildman–Crippen MR) is 58.2 cm³/mol.